The Morgan fingerprint density at radius 3 is 2.55 bits per heavy atom. The molecule has 0 spiro atoms. The second-order valence-corrected chi connectivity index (χ2v) is 8.56. The van der Waals surface area contributed by atoms with Gasteiger partial charge in [-0.25, -0.2) is 18.6 Å². The van der Waals surface area contributed by atoms with Gasteiger partial charge in [0, 0.05) is 49.2 Å². The minimum atomic E-state index is -0.254. The number of rotatable bonds is 6. The van der Waals surface area contributed by atoms with Crippen molar-refractivity contribution in [1.82, 2.24) is 9.80 Å². The summed E-state index contributed by atoms with van der Waals surface area (Å²) in [7, 11) is 0. The molecule has 0 N–H and O–H groups in total. The molecule has 2 aromatic carbocycles. The van der Waals surface area contributed by atoms with E-state index in [-0.39, 0.29) is 29.6 Å². The first-order valence-electron chi connectivity index (χ1n) is 11.0. The highest BCUT2D eigenvalue weighted by Crippen LogP contribution is 2.48. The van der Waals surface area contributed by atoms with E-state index in [9.17, 15) is 13.6 Å². The van der Waals surface area contributed by atoms with E-state index in [2.05, 4.69) is 14.8 Å². The molecule has 2 atom stereocenters. The van der Waals surface area contributed by atoms with Crippen LogP contribution in [0.15, 0.2) is 47.5 Å². The molecule has 0 bridgehead atoms. The number of anilines is 2. The molecule has 0 saturated carbocycles. The molecule has 3 aliphatic rings. The molecule has 162 valence electrons. The topological polar surface area (TPSA) is 39.2 Å². The third-order valence-electron chi connectivity index (χ3n) is 6.67. The Labute approximate surface area is 181 Å². The van der Waals surface area contributed by atoms with Gasteiger partial charge in [-0.1, -0.05) is 0 Å². The van der Waals surface area contributed by atoms with Crippen LogP contribution in [0.1, 0.15) is 30.7 Å². The smallest absolute Gasteiger partial charge is 0.337 e. The van der Waals surface area contributed by atoms with Gasteiger partial charge in [0.15, 0.2) is 0 Å². The molecule has 31 heavy (non-hydrogen) atoms. The summed E-state index contributed by atoms with van der Waals surface area (Å²) in [4.78, 5) is 21.8. The molecular formula is C24H26F2N4O. The quantitative estimate of drug-likeness (QED) is 0.638. The number of fused-ring (bicyclic) bond motifs is 3. The molecule has 0 radical (unpaired) electrons. The lowest BCUT2D eigenvalue weighted by Gasteiger charge is -2.39. The van der Waals surface area contributed by atoms with Crippen molar-refractivity contribution in [2.45, 2.75) is 31.2 Å². The number of amides is 2. The number of unbranched alkanes of at least 4 members (excludes halogenated alkanes) is 1. The van der Waals surface area contributed by atoms with Gasteiger partial charge in [0.1, 0.15) is 11.6 Å². The van der Waals surface area contributed by atoms with Gasteiger partial charge in [-0.05, 0) is 73.8 Å². The van der Waals surface area contributed by atoms with Crippen LogP contribution >= 0.6 is 0 Å². The number of piperidine rings is 1. The van der Waals surface area contributed by atoms with E-state index in [4.69, 9.17) is 0 Å². The van der Waals surface area contributed by atoms with E-state index in [1.54, 1.807) is 29.3 Å². The number of carbonyl (C=O) groups is 1. The van der Waals surface area contributed by atoms with Crippen molar-refractivity contribution in [3.05, 3.63) is 59.7 Å². The van der Waals surface area contributed by atoms with E-state index in [0.717, 1.165) is 62.4 Å². The number of halogens is 2. The van der Waals surface area contributed by atoms with Gasteiger partial charge in [0.25, 0.3) is 0 Å². The van der Waals surface area contributed by atoms with Crippen LogP contribution in [0.3, 0.4) is 0 Å². The van der Waals surface area contributed by atoms with Gasteiger partial charge in [-0.2, -0.15) is 0 Å². The molecule has 5 nitrogen and oxygen atoms in total. The lowest BCUT2D eigenvalue weighted by Crippen LogP contribution is -2.45. The molecule has 1 saturated heterocycles. The number of carbonyl (C=O) groups excluding carboxylic acids is 1. The zero-order chi connectivity index (χ0) is 21.4. The molecule has 5 rings (SSSR count). The van der Waals surface area contributed by atoms with E-state index >= 15 is 0 Å². The molecule has 3 aliphatic heterocycles. The average Bonchev–Trinajstić information content (AvgIpc) is 3.32. The van der Waals surface area contributed by atoms with Crippen LogP contribution in [0.5, 0.6) is 0 Å². The van der Waals surface area contributed by atoms with Crippen LogP contribution in [0, 0.1) is 11.6 Å². The molecule has 0 aromatic heterocycles. The van der Waals surface area contributed by atoms with Crippen LogP contribution in [0.2, 0.25) is 0 Å². The van der Waals surface area contributed by atoms with Crippen molar-refractivity contribution in [3.8, 4) is 0 Å². The molecule has 0 unspecified atom stereocenters. The first-order chi connectivity index (χ1) is 15.1. The Bertz CT molecular complexity index is 994. The van der Waals surface area contributed by atoms with Crippen molar-refractivity contribution < 1.29 is 13.6 Å². The molecular weight excluding hydrogens is 398 g/mol. The molecule has 3 heterocycles. The number of benzene rings is 2. The molecule has 1 fully saturated rings. The average molecular weight is 424 g/mol. The van der Waals surface area contributed by atoms with Crippen molar-refractivity contribution in [2.24, 2.45) is 4.99 Å². The monoisotopic (exact) mass is 424 g/mol. The van der Waals surface area contributed by atoms with E-state index in [1.165, 1.54) is 18.2 Å². The highest BCUT2D eigenvalue weighted by molar-refractivity contribution is 5.90. The van der Waals surface area contributed by atoms with Crippen LogP contribution in [0.25, 0.3) is 0 Å². The van der Waals surface area contributed by atoms with Gasteiger partial charge in [-0.15, -0.1) is 0 Å². The summed E-state index contributed by atoms with van der Waals surface area (Å²) in [6, 6.07) is 11.7. The fourth-order valence-corrected chi connectivity index (χ4v) is 5.18. The zero-order valence-corrected chi connectivity index (χ0v) is 17.4. The summed E-state index contributed by atoms with van der Waals surface area (Å²) in [6.45, 7) is 4.18. The number of hydrogen-bond acceptors (Lipinski definition) is 3. The number of aliphatic imine (C=N–C) groups is 1. The van der Waals surface area contributed by atoms with Crippen molar-refractivity contribution in [3.63, 3.8) is 0 Å². The first-order valence-corrected chi connectivity index (χ1v) is 11.0. The standard InChI is InChI=1S/C24H26F2N4O/c25-17-3-6-19(7-4-17)30-22-8-5-18(26)15-20(22)21-16-28(13-9-23(21)30)11-1-2-12-29-14-10-27-24(29)31/h3-8,10,15,21,23H,1-2,9,11-14,16H2/t21-,23+/m0/s1. The van der Waals surface area contributed by atoms with Crippen LogP contribution in [0.4, 0.5) is 25.0 Å². The predicted octanol–water partition coefficient (Wildman–Crippen LogP) is 4.56. The molecule has 7 heteroatoms. The molecule has 2 amide bonds. The third kappa shape index (κ3) is 3.94. The second kappa shape index (κ2) is 8.38. The lowest BCUT2D eigenvalue weighted by molar-refractivity contribution is 0.189. The van der Waals surface area contributed by atoms with Gasteiger partial charge >= 0.3 is 6.03 Å². The first kappa shape index (κ1) is 20.1. The largest absolute Gasteiger partial charge is 0.343 e. The maximum atomic E-state index is 14.1. The van der Waals surface area contributed by atoms with Gasteiger partial charge in [0.05, 0.1) is 6.54 Å². The van der Waals surface area contributed by atoms with Crippen LogP contribution < -0.4 is 4.90 Å². The highest BCUT2D eigenvalue weighted by Gasteiger charge is 2.42. The Hall–Kier alpha value is -2.80. The maximum absolute atomic E-state index is 14.1. The number of likely N-dealkylation sites (tertiary alicyclic amines) is 1. The zero-order valence-electron chi connectivity index (χ0n) is 17.4. The van der Waals surface area contributed by atoms with Gasteiger partial charge in [0.2, 0.25) is 0 Å². The Morgan fingerprint density at radius 1 is 1.00 bits per heavy atom. The molecule has 2 aromatic rings. The van der Waals surface area contributed by atoms with Gasteiger partial charge in [-0.3, -0.25) is 0 Å². The number of urea groups is 1. The predicted molar refractivity (Wildman–Crippen MR) is 117 cm³/mol. The van der Waals surface area contributed by atoms with Crippen LogP contribution in [-0.2, 0) is 0 Å². The number of nitrogens with zero attached hydrogens (tertiary/aromatic N) is 4. The van der Waals surface area contributed by atoms with E-state index in [1.807, 2.05) is 6.07 Å². The van der Waals surface area contributed by atoms with E-state index < -0.39 is 0 Å². The van der Waals surface area contributed by atoms with Crippen molar-refractivity contribution in [1.29, 1.82) is 0 Å². The second-order valence-electron chi connectivity index (χ2n) is 8.56. The molecule has 0 aliphatic carbocycles. The highest BCUT2D eigenvalue weighted by atomic mass is 19.1. The summed E-state index contributed by atoms with van der Waals surface area (Å²) in [6.07, 6.45) is 4.60. The minimum Gasteiger partial charge on any atom is -0.337 e. The van der Waals surface area contributed by atoms with Crippen LogP contribution in [-0.4, -0.2) is 60.8 Å². The summed E-state index contributed by atoms with van der Waals surface area (Å²) < 4.78 is 27.6. The number of hydrogen-bond donors (Lipinski definition) is 0. The summed E-state index contributed by atoms with van der Waals surface area (Å²) >= 11 is 0. The summed E-state index contributed by atoms with van der Waals surface area (Å²) in [5.74, 6) is -0.248. The third-order valence-corrected chi connectivity index (χ3v) is 6.67. The Morgan fingerprint density at radius 2 is 1.77 bits per heavy atom. The Kier molecular flexibility index (Phi) is 5.44. The Balaban J connectivity index is 1.27. The fourth-order valence-electron chi connectivity index (χ4n) is 5.18. The van der Waals surface area contributed by atoms with Crippen molar-refractivity contribution in [2.75, 3.05) is 37.6 Å². The summed E-state index contributed by atoms with van der Waals surface area (Å²) in [5.41, 5.74) is 3.02. The minimum absolute atomic E-state index is 0.133. The summed E-state index contributed by atoms with van der Waals surface area (Å²) in [5, 5.41) is 0. The SMILES string of the molecule is O=C1N=CCN1CCCCN1CC[C@@H]2[C@@H](C1)c1cc(F)ccc1N2c1ccc(F)cc1. The van der Waals surface area contributed by atoms with Gasteiger partial charge < -0.3 is 14.7 Å². The fraction of sp³-hybridized carbons (Fsp3) is 0.417. The van der Waals surface area contributed by atoms with Crippen molar-refractivity contribution >= 4 is 23.6 Å². The lowest BCUT2D eigenvalue weighted by atomic mass is 9.89. The normalized spacial score (nSPS) is 22.8. The van der Waals surface area contributed by atoms with E-state index in [0.29, 0.717) is 6.54 Å². The maximum Gasteiger partial charge on any atom is 0.343 e.